The van der Waals surface area contributed by atoms with E-state index in [1.165, 1.54) is 22.4 Å². The van der Waals surface area contributed by atoms with Gasteiger partial charge in [-0.25, -0.2) is 0 Å². The number of benzene rings is 2. The number of nitrogens with one attached hydrogen (secondary N) is 1. The Kier molecular flexibility index (Phi) is 10.6. The molecule has 1 aliphatic heterocycles. The Morgan fingerprint density at radius 2 is 1.57 bits per heavy atom. The van der Waals surface area contributed by atoms with Crippen molar-refractivity contribution in [2.24, 2.45) is 16.6 Å². The van der Waals surface area contributed by atoms with Gasteiger partial charge in [-0.15, -0.1) is 5.10 Å². The van der Waals surface area contributed by atoms with Gasteiger partial charge in [0.2, 0.25) is 0 Å². The van der Waals surface area contributed by atoms with Crippen LogP contribution in [-0.4, -0.2) is 54.4 Å². The van der Waals surface area contributed by atoms with E-state index >= 15 is 0 Å². The molecule has 0 amide bonds. The monoisotopic (exact) mass is 546 g/mol. The fourth-order valence-electron chi connectivity index (χ4n) is 6.30. The molecule has 0 bridgehead atoms. The average molecular weight is 547 g/mol. The number of piperazine rings is 1. The van der Waals surface area contributed by atoms with Gasteiger partial charge in [-0.2, -0.15) is 5.10 Å². The summed E-state index contributed by atoms with van der Waals surface area (Å²) in [6, 6.07) is 13.4. The molecule has 6 nitrogen and oxygen atoms in total. The molecule has 1 fully saturated rings. The van der Waals surface area contributed by atoms with Crippen molar-refractivity contribution in [2.75, 3.05) is 49.5 Å². The second-order valence-corrected chi connectivity index (χ2v) is 13.0. The van der Waals surface area contributed by atoms with E-state index < -0.39 is 0 Å². The van der Waals surface area contributed by atoms with Crippen molar-refractivity contribution in [1.82, 2.24) is 15.1 Å². The highest BCUT2D eigenvalue weighted by Gasteiger charge is 2.31. The van der Waals surface area contributed by atoms with Crippen LogP contribution in [0.3, 0.4) is 0 Å². The van der Waals surface area contributed by atoms with Gasteiger partial charge in [-0.3, -0.25) is 4.90 Å². The number of anilines is 2. The van der Waals surface area contributed by atoms with Crippen molar-refractivity contribution >= 4 is 22.3 Å². The van der Waals surface area contributed by atoms with Gasteiger partial charge < -0.3 is 16.0 Å². The van der Waals surface area contributed by atoms with Crippen LogP contribution in [0.25, 0.3) is 10.8 Å². The molecule has 0 aliphatic carbocycles. The van der Waals surface area contributed by atoms with Crippen LogP contribution >= 0.6 is 0 Å². The summed E-state index contributed by atoms with van der Waals surface area (Å²) in [6.45, 7) is 28.0. The lowest BCUT2D eigenvalue weighted by molar-refractivity contribution is 0.120. The van der Waals surface area contributed by atoms with Gasteiger partial charge in [-0.05, 0) is 80.3 Å². The minimum atomic E-state index is 0.134. The van der Waals surface area contributed by atoms with Gasteiger partial charge in [0.05, 0.1) is 11.7 Å². The van der Waals surface area contributed by atoms with E-state index in [-0.39, 0.29) is 16.9 Å². The maximum Gasteiger partial charge on any atom is 0.157 e. The summed E-state index contributed by atoms with van der Waals surface area (Å²) in [6.07, 6.45) is 1.14. The summed E-state index contributed by atoms with van der Waals surface area (Å²) >= 11 is 0. The molecule has 1 atom stereocenters. The number of hydrogen-bond donors (Lipinski definition) is 2. The standard InChI is InChI=1S/C32H48N6.C2H6/c1-22-10-9-11-27(23(22)2)24(3)34-30-29-18-26(12-13-28(29)25(4)35-36-30)38-16-14-37(15-17-38)21-32(7,8)19-31(5,6)20-33;1-2/h9-13,18,24H,14-17,19-21,33H2,1-8H3,(H,34,36);1-2H3. The lowest BCUT2D eigenvalue weighted by Gasteiger charge is -2.42. The van der Waals surface area contributed by atoms with E-state index in [2.05, 4.69) is 110 Å². The van der Waals surface area contributed by atoms with Crippen molar-refractivity contribution in [3.05, 3.63) is 58.8 Å². The maximum absolute atomic E-state index is 6.02. The Balaban J connectivity index is 0.00000216. The van der Waals surface area contributed by atoms with Crippen molar-refractivity contribution in [1.29, 1.82) is 0 Å². The first-order valence-electron chi connectivity index (χ1n) is 15.2. The van der Waals surface area contributed by atoms with E-state index in [1.54, 1.807) is 0 Å². The first-order valence-corrected chi connectivity index (χ1v) is 15.2. The van der Waals surface area contributed by atoms with Crippen molar-refractivity contribution in [2.45, 2.75) is 81.7 Å². The highest BCUT2D eigenvalue weighted by molar-refractivity contribution is 5.95. The average Bonchev–Trinajstić information content (AvgIpc) is 2.92. The van der Waals surface area contributed by atoms with Gasteiger partial charge >= 0.3 is 0 Å². The zero-order chi connectivity index (χ0) is 29.7. The van der Waals surface area contributed by atoms with Crippen molar-refractivity contribution in [3.8, 4) is 0 Å². The van der Waals surface area contributed by atoms with Crippen molar-refractivity contribution in [3.63, 3.8) is 0 Å². The molecule has 1 aromatic heterocycles. The number of nitrogens with zero attached hydrogens (tertiary/aromatic N) is 4. The zero-order valence-corrected chi connectivity index (χ0v) is 26.9. The third kappa shape index (κ3) is 7.73. The molecule has 3 aromatic rings. The molecule has 4 rings (SSSR count). The molecule has 1 aliphatic rings. The van der Waals surface area contributed by atoms with Gasteiger partial charge in [0.1, 0.15) is 0 Å². The van der Waals surface area contributed by atoms with Crippen LogP contribution in [0.15, 0.2) is 36.4 Å². The second kappa shape index (κ2) is 13.3. The number of fused-ring (bicyclic) bond motifs is 1. The number of aromatic nitrogens is 2. The molecule has 2 heterocycles. The van der Waals surface area contributed by atoms with Gasteiger partial charge in [0.25, 0.3) is 0 Å². The number of hydrogen-bond acceptors (Lipinski definition) is 6. The van der Waals surface area contributed by atoms with Gasteiger partial charge in [-0.1, -0.05) is 65.8 Å². The molecule has 0 saturated carbocycles. The largest absolute Gasteiger partial charge is 0.369 e. The highest BCUT2D eigenvalue weighted by Crippen LogP contribution is 2.35. The van der Waals surface area contributed by atoms with E-state index in [0.717, 1.165) is 68.0 Å². The Morgan fingerprint density at radius 1 is 0.900 bits per heavy atom. The minimum Gasteiger partial charge on any atom is -0.369 e. The molecule has 220 valence electrons. The van der Waals surface area contributed by atoms with Gasteiger partial charge in [0, 0.05) is 49.2 Å². The lowest BCUT2D eigenvalue weighted by Crippen LogP contribution is -2.49. The zero-order valence-electron chi connectivity index (χ0n) is 26.9. The van der Waals surface area contributed by atoms with Crippen LogP contribution in [0, 0.1) is 31.6 Å². The van der Waals surface area contributed by atoms with E-state index in [4.69, 9.17) is 5.73 Å². The second-order valence-electron chi connectivity index (χ2n) is 13.0. The summed E-state index contributed by atoms with van der Waals surface area (Å²) in [7, 11) is 0. The molecule has 3 N–H and O–H groups in total. The molecule has 6 heteroatoms. The Hall–Kier alpha value is -2.70. The topological polar surface area (TPSA) is 70.3 Å². The third-order valence-corrected chi connectivity index (χ3v) is 8.31. The van der Waals surface area contributed by atoms with Crippen LogP contribution in [0.1, 0.15) is 83.3 Å². The van der Waals surface area contributed by atoms with E-state index in [0.29, 0.717) is 0 Å². The van der Waals surface area contributed by atoms with Crippen LogP contribution in [0.4, 0.5) is 11.5 Å². The molecular weight excluding hydrogens is 492 g/mol. The first-order chi connectivity index (χ1) is 18.9. The molecule has 1 unspecified atom stereocenters. The lowest BCUT2D eigenvalue weighted by atomic mass is 9.75. The fraction of sp³-hybridized carbons (Fsp3) is 0.588. The molecule has 2 aromatic carbocycles. The quantitative estimate of drug-likeness (QED) is 0.294. The SMILES string of the molecule is CC.Cc1cccc(C(C)Nc2nnc(C)c3ccc(N4CCN(CC(C)(C)CC(C)(C)CN)CC4)cc23)c1C. The summed E-state index contributed by atoms with van der Waals surface area (Å²) in [4.78, 5) is 5.14. The van der Waals surface area contributed by atoms with Crippen LogP contribution in [0.5, 0.6) is 0 Å². The number of nitrogens with two attached hydrogens (primary N) is 1. The van der Waals surface area contributed by atoms with E-state index in [1.807, 2.05) is 20.8 Å². The predicted molar refractivity (Wildman–Crippen MR) is 173 cm³/mol. The number of aryl methyl sites for hydroxylation is 2. The molecule has 40 heavy (non-hydrogen) atoms. The number of rotatable bonds is 9. The third-order valence-electron chi connectivity index (χ3n) is 8.31. The highest BCUT2D eigenvalue weighted by atomic mass is 15.3. The first kappa shape index (κ1) is 31.8. The summed E-state index contributed by atoms with van der Waals surface area (Å²) in [5.74, 6) is 0.851. The fourth-order valence-corrected chi connectivity index (χ4v) is 6.30. The Bertz CT molecular complexity index is 1260. The predicted octanol–water partition coefficient (Wildman–Crippen LogP) is 7.28. The Morgan fingerprint density at radius 3 is 2.23 bits per heavy atom. The molecule has 1 saturated heterocycles. The normalized spacial score (nSPS) is 15.5. The van der Waals surface area contributed by atoms with Crippen LogP contribution < -0.4 is 16.0 Å². The summed E-state index contributed by atoms with van der Waals surface area (Å²) < 4.78 is 0. The van der Waals surface area contributed by atoms with Gasteiger partial charge in [0.15, 0.2) is 5.82 Å². The van der Waals surface area contributed by atoms with Crippen molar-refractivity contribution < 1.29 is 0 Å². The molecular formula is C34H54N6. The summed E-state index contributed by atoms with van der Waals surface area (Å²) in [5.41, 5.74) is 12.6. The maximum atomic E-state index is 6.02. The molecule has 0 radical (unpaired) electrons. The van der Waals surface area contributed by atoms with E-state index in [9.17, 15) is 0 Å². The van der Waals surface area contributed by atoms with Crippen LogP contribution in [0.2, 0.25) is 0 Å². The summed E-state index contributed by atoms with van der Waals surface area (Å²) in [5, 5.41) is 15.0. The van der Waals surface area contributed by atoms with Crippen LogP contribution in [-0.2, 0) is 0 Å². The Labute approximate surface area is 243 Å². The smallest absolute Gasteiger partial charge is 0.157 e. The minimum absolute atomic E-state index is 0.134. The molecule has 0 spiro atoms.